The van der Waals surface area contributed by atoms with Crippen LogP contribution in [0.4, 0.5) is 4.79 Å². The van der Waals surface area contributed by atoms with E-state index in [-0.39, 0.29) is 24.8 Å². The Morgan fingerprint density at radius 3 is 2.70 bits per heavy atom. The van der Waals surface area contributed by atoms with Crippen LogP contribution in [0.5, 0.6) is 11.5 Å². The normalized spacial score (nSPS) is 16.5. The molecule has 0 radical (unpaired) electrons. The number of carbonyl (C=O) groups is 2. The number of hydrogen-bond donors (Lipinski definition) is 1. The Balaban J connectivity index is 1.54. The summed E-state index contributed by atoms with van der Waals surface area (Å²) in [6.45, 7) is 5.00. The number of likely N-dealkylation sites (N-methyl/N-ethyl adjacent to an activating group) is 1. The van der Waals surface area contributed by atoms with Gasteiger partial charge in [0.05, 0.1) is 0 Å². The number of aromatic amines is 1. The van der Waals surface area contributed by atoms with Gasteiger partial charge in [-0.2, -0.15) is 5.26 Å². The molecule has 3 aromatic rings. The maximum absolute atomic E-state index is 13.6. The third kappa shape index (κ3) is 4.51. The summed E-state index contributed by atoms with van der Waals surface area (Å²) in [5, 5.41) is 11.0. The van der Waals surface area contributed by atoms with Crippen LogP contribution in [-0.4, -0.2) is 52.8 Å². The number of fused-ring (bicyclic) bond motifs is 2. The molecular weight excluding hydrogens is 476 g/mol. The molecule has 3 heterocycles. The fourth-order valence-electron chi connectivity index (χ4n) is 4.22. The molecule has 0 bridgehead atoms. The van der Waals surface area contributed by atoms with Crippen molar-refractivity contribution in [2.75, 3.05) is 20.4 Å². The molecule has 37 heavy (non-hydrogen) atoms. The smallest absolute Gasteiger partial charge is 0.410 e. The van der Waals surface area contributed by atoms with E-state index in [0.717, 1.165) is 10.9 Å². The monoisotopic (exact) mass is 502 g/mol. The molecule has 0 aliphatic carbocycles. The third-order valence-corrected chi connectivity index (χ3v) is 5.89. The van der Waals surface area contributed by atoms with Gasteiger partial charge in [0.1, 0.15) is 18.2 Å². The number of allylic oxidation sites excluding steroid dienone is 1. The molecule has 2 aliphatic heterocycles. The van der Waals surface area contributed by atoms with Crippen LogP contribution in [-0.2, 0) is 14.3 Å². The highest BCUT2D eigenvalue weighted by Crippen LogP contribution is 2.45. The van der Waals surface area contributed by atoms with E-state index in [9.17, 15) is 14.9 Å². The summed E-state index contributed by atoms with van der Waals surface area (Å²) in [6.07, 6.45) is 0.127. The Bertz CT molecular complexity index is 1460. The Kier molecular flexibility index (Phi) is 5.91. The van der Waals surface area contributed by atoms with Crippen molar-refractivity contribution < 1.29 is 28.5 Å². The second-order valence-electron chi connectivity index (χ2n) is 9.72. The van der Waals surface area contributed by atoms with Gasteiger partial charge in [-0.25, -0.2) is 4.79 Å². The minimum Gasteiger partial charge on any atom is -0.462 e. The van der Waals surface area contributed by atoms with Gasteiger partial charge in [0.2, 0.25) is 13.0 Å². The lowest BCUT2D eigenvalue weighted by Gasteiger charge is -2.28. The number of nitrogens with zero attached hydrogens (tertiary/aromatic N) is 3. The van der Waals surface area contributed by atoms with Gasteiger partial charge in [-0.05, 0) is 45.0 Å². The van der Waals surface area contributed by atoms with Crippen LogP contribution in [0.15, 0.2) is 54.4 Å². The number of ether oxygens (including phenoxy) is 4. The number of hydrogen-bond acceptors (Lipinski definition) is 7. The largest absolute Gasteiger partial charge is 0.462 e. The minimum atomic E-state index is -0.965. The van der Waals surface area contributed by atoms with Gasteiger partial charge in [-0.3, -0.25) is 9.69 Å². The number of H-pyrrole nitrogens is 1. The predicted octanol–water partition coefficient (Wildman–Crippen LogP) is 4.51. The number of benzene rings is 2. The molecule has 1 unspecified atom stereocenters. The van der Waals surface area contributed by atoms with E-state index < -0.39 is 23.8 Å². The molecule has 190 valence electrons. The van der Waals surface area contributed by atoms with Crippen LogP contribution in [0.3, 0.4) is 0 Å². The second-order valence-corrected chi connectivity index (χ2v) is 9.72. The third-order valence-electron chi connectivity index (χ3n) is 5.89. The molecule has 2 aliphatic rings. The van der Waals surface area contributed by atoms with E-state index in [1.807, 2.05) is 24.3 Å². The van der Waals surface area contributed by atoms with Crippen LogP contribution in [0.25, 0.3) is 16.7 Å². The zero-order chi connectivity index (χ0) is 26.3. The fraction of sp³-hybridized carbons (Fsp3) is 0.296. The first-order valence-electron chi connectivity index (χ1n) is 11.7. The lowest BCUT2D eigenvalue weighted by atomic mass is 10.1. The van der Waals surface area contributed by atoms with Crippen molar-refractivity contribution >= 4 is 28.7 Å². The summed E-state index contributed by atoms with van der Waals surface area (Å²) in [6, 6.07) is 14.9. The average molecular weight is 503 g/mol. The zero-order valence-electron chi connectivity index (χ0n) is 20.9. The van der Waals surface area contributed by atoms with Crippen molar-refractivity contribution in [1.29, 1.82) is 5.26 Å². The number of nitriles is 1. The van der Waals surface area contributed by atoms with Gasteiger partial charge in [0.25, 0.3) is 5.91 Å². The zero-order valence-corrected chi connectivity index (χ0v) is 20.9. The van der Waals surface area contributed by atoms with Crippen molar-refractivity contribution in [3.05, 3.63) is 65.5 Å². The molecule has 0 spiro atoms. The predicted molar refractivity (Wildman–Crippen MR) is 133 cm³/mol. The molecule has 0 saturated heterocycles. The molecule has 10 heteroatoms. The highest BCUT2D eigenvalue weighted by atomic mass is 16.7. The van der Waals surface area contributed by atoms with Crippen LogP contribution in [0, 0.1) is 11.3 Å². The number of nitrogens with one attached hydrogen (secondary N) is 1. The van der Waals surface area contributed by atoms with Crippen LogP contribution >= 0.6 is 0 Å². The highest BCUT2D eigenvalue weighted by Gasteiger charge is 2.41. The molecular formula is C27H26N4O6. The summed E-state index contributed by atoms with van der Waals surface area (Å²) in [7, 11) is 1.47. The average Bonchev–Trinajstić information content (AvgIpc) is 3.58. The summed E-state index contributed by atoms with van der Waals surface area (Å²) in [5.41, 5.74) is 1.41. The van der Waals surface area contributed by atoms with Crippen LogP contribution < -0.4 is 9.47 Å². The van der Waals surface area contributed by atoms with Gasteiger partial charge >= 0.3 is 6.09 Å². The van der Waals surface area contributed by atoms with Gasteiger partial charge in [0, 0.05) is 35.3 Å². The molecule has 0 saturated carbocycles. The number of para-hydroxylation sites is 1. The molecule has 10 nitrogen and oxygen atoms in total. The summed E-state index contributed by atoms with van der Waals surface area (Å²) < 4.78 is 22.6. The topological polar surface area (TPSA) is 117 Å². The maximum atomic E-state index is 13.6. The van der Waals surface area contributed by atoms with E-state index in [1.54, 1.807) is 45.2 Å². The molecule has 1 aromatic heterocycles. The quantitative estimate of drug-likeness (QED) is 0.558. The van der Waals surface area contributed by atoms with E-state index in [2.05, 4.69) is 11.1 Å². The molecule has 5 rings (SSSR count). The van der Waals surface area contributed by atoms with E-state index in [0.29, 0.717) is 22.6 Å². The molecule has 1 N–H and O–H groups in total. The van der Waals surface area contributed by atoms with Crippen molar-refractivity contribution in [2.24, 2.45) is 0 Å². The van der Waals surface area contributed by atoms with Crippen molar-refractivity contribution in [2.45, 2.75) is 32.6 Å². The van der Waals surface area contributed by atoms with E-state index >= 15 is 0 Å². The van der Waals surface area contributed by atoms with Crippen LogP contribution in [0.2, 0.25) is 0 Å². The van der Waals surface area contributed by atoms with Crippen molar-refractivity contribution in [3.63, 3.8) is 0 Å². The van der Waals surface area contributed by atoms with Crippen LogP contribution in [0.1, 0.15) is 38.1 Å². The lowest BCUT2D eigenvalue weighted by molar-refractivity contribution is -0.136. The Hall–Kier alpha value is -4.65. The number of rotatable bonds is 4. The SMILES string of the molecule is CN(CC(=O)N1C(C#N)=C(c2c[nH]c3ccccc23)OC1c1ccc2c(c1)OCO2)C(=O)OC(C)(C)C. The summed E-state index contributed by atoms with van der Waals surface area (Å²) in [5.74, 6) is 0.839. The number of aromatic nitrogens is 1. The highest BCUT2D eigenvalue weighted by molar-refractivity contribution is 5.95. The van der Waals surface area contributed by atoms with E-state index in [4.69, 9.17) is 18.9 Å². The standard InChI is InChI=1S/C27H26N4O6/c1-27(2,3)37-26(33)30(4)14-23(32)31-20(12-28)24(18-13-29-19-8-6-5-7-17(18)19)36-25(31)16-9-10-21-22(11-16)35-15-34-21/h5-11,13,25,29H,14-15H2,1-4H3. The van der Waals surface area contributed by atoms with Gasteiger partial charge < -0.3 is 28.8 Å². The lowest BCUT2D eigenvalue weighted by Crippen LogP contribution is -2.42. The first-order chi connectivity index (χ1) is 17.7. The van der Waals surface area contributed by atoms with Gasteiger partial charge in [0.15, 0.2) is 23.0 Å². The van der Waals surface area contributed by atoms with Gasteiger partial charge in [-0.15, -0.1) is 0 Å². The van der Waals surface area contributed by atoms with E-state index in [1.165, 1.54) is 16.8 Å². The molecule has 0 fully saturated rings. The Morgan fingerprint density at radius 2 is 1.95 bits per heavy atom. The second kappa shape index (κ2) is 9.09. The minimum absolute atomic E-state index is 0.0370. The summed E-state index contributed by atoms with van der Waals surface area (Å²) in [4.78, 5) is 31.8. The Labute approximate surface area is 213 Å². The van der Waals surface area contributed by atoms with Crippen molar-refractivity contribution in [1.82, 2.24) is 14.8 Å². The summed E-state index contributed by atoms with van der Waals surface area (Å²) >= 11 is 0. The number of amides is 2. The number of carbonyl (C=O) groups excluding carboxylic acids is 2. The molecule has 1 atom stereocenters. The molecule has 2 aromatic carbocycles. The van der Waals surface area contributed by atoms with Crippen molar-refractivity contribution in [3.8, 4) is 17.6 Å². The maximum Gasteiger partial charge on any atom is 0.410 e. The molecule has 2 amide bonds. The first kappa shape index (κ1) is 24.1. The Morgan fingerprint density at radius 1 is 1.19 bits per heavy atom. The van der Waals surface area contributed by atoms with Gasteiger partial charge in [-0.1, -0.05) is 18.2 Å². The first-order valence-corrected chi connectivity index (χ1v) is 11.7. The fourth-order valence-corrected chi connectivity index (χ4v) is 4.22.